The highest BCUT2D eigenvalue weighted by molar-refractivity contribution is 6.51. The lowest BCUT2D eigenvalue weighted by Crippen LogP contribution is -2.29. The number of amides is 1. The maximum absolute atomic E-state index is 13.1. The van der Waals surface area contributed by atoms with Crippen molar-refractivity contribution in [2.24, 2.45) is 0 Å². The molecular formula is C25H17ClN2O6. The molecule has 1 N–H and O–H groups in total. The second kappa shape index (κ2) is 8.92. The molecule has 1 fully saturated rings. The van der Waals surface area contributed by atoms with Crippen LogP contribution in [0.1, 0.15) is 34.5 Å². The average molecular weight is 477 g/mol. The molecule has 0 bridgehead atoms. The number of hydrogen-bond donors (Lipinski definition) is 1. The number of non-ortho nitro benzene ring substituents is 1. The number of nitro groups is 1. The first-order chi connectivity index (χ1) is 16.2. The Morgan fingerprint density at radius 3 is 2.03 bits per heavy atom. The molecule has 1 amide bonds. The van der Waals surface area contributed by atoms with Crippen molar-refractivity contribution in [1.29, 1.82) is 0 Å². The van der Waals surface area contributed by atoms with Gasteiger partial charge in [-0.25, -0.2) is 0 Å². The molecule has 0 saturated carbocycles. The minimum atomic E-state index is -1.06. The van der Waals surface area contributed by atoms with Crippen LogP contribution in [0.2, 0.25) is 5.02 Å². The molecule has 0 aliphatic carbocycles. The van der Waals surface area contributed by atoms with Crippen molar-refractivity contribution in [2.75, 3.05) is 4.90 Å². The van der Waals surface area contributed by atoms with Crippen LogP contribution in [0.3, 0.4) is 0 Å². The minimum absolute atomic E-state index is 0.163. The van der Waals surface area contributed by atoms with Crippen LogP contribution in [0.5, 0.6) is 0 Å². The summed E-state index contributed by atoms with van der Waals surface area (Å²) in [5.41, 5.74) is 1.08. The molecule has 0 spiro atoms. The Hall–Kier alpha value is -4.30. The van der Waals surface area contributed by atoms with Gasteiger partial charge in [0.15, 0.2) is 5.78 Å². The second-order valence-electron chi connectivity index (χ2n) is 7.63. The molecular weight excluding hydrogens is 460 g/mol. The molecule has 0 unspecified atom stereocenters. The molecule has 1 atom stereocenters. The number of nitro benzene ring substituents is 1. The van der Waals surface area contributed by atoms with Crippen LogP contribution in [0, 0.1) is 10.1 Å². The fourth-order valence-corrected chi connectivity index (χ4v) is 3.94. The third-order valence-electron chi connectivity index (χ3n) is 5.53. The predicted molar refractivity (Wildman–Crippen MR) is 126 cm³/mol. The molecule has 1 heterocycles. The number of carbonyl (C=O) groups is 3. The summed E-state index contributed by atoms with van der Waals surface area (Å²) in [4.78, 5) is 49.6. The van der Waals surface area contributed by atoms with E-state index < -0.39 is 28.4 Å². The zero-order chi connectivity index (χ0) is 24.6. The average Bonchev–Trinajstić information content (AvgIpc) is 3.09. The quantitative estimate of drug-likeness (QED) is 0.137. The summed E-state index contributed by atoms with van der Waals surface area (Å²) in [7, 11) is 0. The van der Waals surface area contributed by atoms with Crippen molar-refractivity contribution < 1.29 is 24.4 Å². The van der Waals surface area contributed by atoms with E-state index in [1.165, 1.54) is 84.6 Å². The van der Waals surface area contributed by atoms with Crippen molar-refractivity contribution >= 4 is 46.2 Å². The Labute approximate surface area is 198 Å². The number of rotatable bonds is 5. The Balaban J connectivity index is 1.91. The van der Waals surface area contributed by atoms with Gasteiger partial charge in [-0.05, 0) is 73.2 Å². The number of nitrogens with zero attached hydrogens (tertiary/aromatic N) is 2. The Morgan fingerprint density at radius 2 is 1.50 bits per heavy atom. The van der Waals surface area contributed by atoms with Gasteiger partial charge in [-0.3, -0.25) is 29.4 Å². The summed E-state index contributed by atoms with van der Waals surface area (Å²) in [6, 6.07) is 16.5. The standard InChI is InChI=1S/C25H17ClN2O6/c1-14(29)15-4-10-19(11-5-15)27-22(16-6-12-20(13-7-16)28(33)34)21(24(31)25(27)32)23(30)17-2-8-18(26)9-3-17/h2-13,22,30H,1H3/t22-/m0/s1. The molecule has 0 radical (unpaired) electrons. The highest BCUT2D eigenvalue weighted by atomic mass is 35.5. The van der Waals surface area contributed by atoms with Crippen LogP contribution in [0.15, 0.2) is 78.4 Å². The number of Topliss-reactive ketones (excluding diaryl/α,β-unsaturated/α-hetero) is 2. The van der Waals surface area contributed by atoms with E-state index in [4.69, 9.17) is 11.6 Å². The van der Waals surface area contributed by atoms with Gasteiger partial charge in [-0.1, -0.05) is 11.6 Å². The van der Waals surface area contributed by atoms with Gasteiger partial charge in [-0.2, -0.15) is 0 Å². The number of halogens is 1. The van der Waals surface area contributed by atoms with E-state index in [-0.39, 0.29) is 22.6 Å². The minimum Gasteiger partial charge on any atom is -0.507 e. The summed E-state index contributed by atoms with van der Waals surface area (Å²) >= 11 is 5.92. The lowest BCUT2D eigenvalue weighted by molar-refractivity contribution is -0.384. The largest absolute Gasteiger partial charge is 0.507 e. The summed E-state index contributed by atoms with van der Waals surface area (Å²) < 4.78 is 0. The maximum atomic E-state index is 13.1. The third kappa shape index (κ3) is 4.06. The second-order valence-corrected chi connectivity index (χ2v) is 8.06. The Morgan fingerprint density at radius 1 is 0.941 bits per heavy atom. The number of aliphatic hydroxyl groups is 1. The lowest BCUT2D eigenvalue weighted by Gasteiger charge is -2.25. The van der Waals surface area contributed by atoms with Gasteiger partial charge in [0.25, 0.3) is 17.4 Å². The number of anilines is 1. The number of aliphatic hydroxyl groups excluding tert-OH is 1. The highest BCUT2D eigenvalue weighted by Gasteiger charge is 2.47. The molecule has 1 aliphatic heterocycles. The van der Waals surface area contributed by atoms with E-state index in [9.17, 15) is 29.6 Å². The van der Waals surface area contributed by atoms with Gasteiger partial charge in [0.1, 0.15) is 5.76 Å². The maximum Gasteiger partial charge on any atom is 0.300 e. The van der Waals surface area contributed by atoms with Gasteiger partial charge in [0.2, 0.25) is 0 Å². The van der Waals surface area contributed by atoms with Crippen LogP contribution in [0.4, 0.5) is 11.4 Å². The molecule has 8 nitrogen and oxygen atoms in total. The zero-order valence-corrected chi connectivity index (χ0v) is 18.5. The van der Waals surface area contributed by atoms with Crippen molar-refractivity contribution in [1.82, 2.24) is 0 Å². The first-order valence-electron chi connectivity index (χ1n) is 10.1. The van der Waals surface area contributed by atoms with Gasteiger partial charge < -0.3 is 5.11 Å². The Bertz CT molecular complexity index is 1350. The van der Waals surface area contributed by atoms with Crippen LogP contribution < -0.4 is 4.90 Å². The summed E-state index contributed by atoms with van der Waals surface area (Å²) in [6.07, 6.45) is 0. The molecule has 3 aromatic carbocycles. The van der Waals surface area contributed by atoms with Gasteiger partial charge in [-0.15, -0.1) is 0 Å². The lowest BCUT2D eigenvalue weighted by atomic mass is 9.95. The predicted octanol–water partition coefficient (Wildman–Crippen LogP) is 5.08. The van der Waals surface area contributed by atoms with E-state index in [1.807, 2.05) is 0 Å². The fourth-order valence-electron chi connectivity index (χ4n) is 3.81. The van der Waals surface area contributed by atoms with Crippen LogP contribution in [-0.2, 0) is 9.59 Å². The van der Waals surface area contributed by atoms with Crippen LogP contribution >= 0.6 is 11.6 Å². The topological polar surface area (TPSA) is 118 Å². The van der Waals surface area contributed by atoms with E-state index in [0.29, 0.717) is 21.8 Å². The summed E-state index contributed by atoms with van der Waals surface area (Å²) in [6.45, 7) is 1.41. The van der Waals surface area contributed by atoms with Crippen molar-refractivity contribution in [2.45, 2.75) is 13.0 Å². The fraction of sp³-hybridized carbons (Fsp3) is 0.0800. The van der Waals surface area contributed by atoms with Gasteiger partial charge in [0, 0.05) is 34.0 Å². The van der Waals surface area contributed by atoms with E-state index in [2.05, 4.69) is 0 Å². The number of benzene rings is 3. The van der Waals surface area contributed by atoms with E-state index >= 15 is 0 Å². The Kier molecular flexibility index (Phi) is 6.00. The van der Waals surface area contributed by atoms with Gasteiger partial charge >= 0.3 is 0 Å². The first-order valence-corrected chi connectivity index (χ1v) is 10.5. The van der Waals surface area contributed by atoms with E-state index in [0.717, 1.165) is 0 Å². The smallest absolute Gasteiger partial charge is 0.300 e. The SMILES string of the molecule is CC(=O)c1ccc(N2C(=O)C(=O)C(=C(O)c3ccc(Cl)cc3)[C@@H]2c2ccc([N+](=O)[O-])cc2)cc1. The number of hydrogen-bond acceptors (Lipinski definition) is 6. The molecule has 3 aromatic rings. The summed E-state index contributed by atoms with van der Waals surface area (Å²) in [5, 5.41) is 22.6. The van der Waals surface area contributed by atoms with Crippen molar-refractivity contribution in [3.63, 3.8) is 0 Å². The van der Waals surface area contributed by atoms with E-state index in [1.54, 1.807) is 0 Å². The molecule has 1 saturated heterocycles. The monoisotopic (exact) mass is 476 g/mol. The third-order valence-corrected chi connectivity index (χ3v) is 5.79. The van der Waals surface area contributed by atoms with Crippen molar-refractivity contribution in [3.05, 3.63) is 110 Å². The van der Waals surface area contributed by atoms with Crippen molar-refractivity contribution in [3.8, 4) is 0 Å². The van der Waals surface area contributed by atoms with Gasteiger partial charge in [0.05, 0.1) is 16.5 Å². The highest BCUT2D eigenvalue weighted by Crippen LogP contribution is 2.42. The molecule has 9 heteroatoms. The first kappa shape index (κ1) is 22.9. The summed E-state index contributed by atoms with van der Waals surface area (Å²) in [5.74, 6) is -2.36. The van der Waals surface area contributed by atoms with Crippen LogP contribution in [-0.4, -0.2) is 27.5 Å². The molecule has 1 aliphatic rings. The normalized spacial score (nSPS) is 17.1. The number of carbonyl (C=O) groups excluding carboxylic acids is 3. The molecule has 34 heavy (non-hydrogen) atoms. The van der Waals surface area contributed by atoms with Crippen LogP contribution in [0.25, 0.3) is 5.76 Å². The molecule has 0 aromatic heterocycles. The molecule has 170 valence electrons. The number of ketones is 2. The molecule has 4 rings (SSSR count). The zero-order valence-electron chi connectivity index (χ0n) is 17.8.